The molecule has 0 heterocycles. The number of nitrogens with zero attached hydrogens (tertiary/aromatic N) is 1. The molecule has 0 aromatic heterocycles. The van der Waals surface area contributed by atoms with Crippen LogP contribution in [0.2, 0.25) is 0 Å². The lowest BCUT2D eigenvalue weighted by atomic mass is 9.98. The number of halogens is 2. The Morgan fingerprint density at radius 1 is 1.04 bits per heavy atom. The van der Waals surface area contributed by atoms with Gasteiger partial charge >= 0.3 is 0 Å². The van der Waals surface area contributed by atoms with Crippen molar-refractivity contribution in [1.29, 1.82) is 0 Å². The van der Waals surface area contributed by atoms with E-state index in [1.54, 1.807) is 0 Å². The Morgan fingerprint density at radius 3 is 2.27 bits per heavy atom. The molecule has 3 N–H and O–H groups in total. The van der Waals surface area contributed by atoms with Crippen molar-refractivity contribution in [2.24, 2.45) is 5.73 Å². The minimum atomic E-state index is -0.336. The van der Waals surface area contributed by atoms with Gasteiger partial charge in [0, 0.05) is 18.8 Å². The van der Waals surface area contributed by atoms with E-state index in [0.717, 1.165) is 30.9 Å². The van der Waals surface area contributed by atoms with E-state index < -0.39 is 0 Å². The molecule has 0 saturated carbocycles. The molecular weight excluding hydrogens is 369 g/mol. The quantitative estimate of drug-likeness (QED) is 0.705. The number of benzene rings is 2. The van der Waals surface area contributed by atoms with Crippen LogP contribution in [-0.4, -0.2) is 30.4 Å². The van der Waals surface area contributed by atoms with Gasteiger partial charge in [-0.1, -0.05) is 56.3 Å². The molecule has 0 aliphatic heterocycles. The first kappa shape index (κ1) is 24.4. The van der Waals surface area contributed by atoms with Gasteiger partial charge in [-0.05, 0) is 36.3 Å². The second-order valence-electron chi connectivity index (χ2n) is 5.85. The molecule has 0 spiro atoms. The van der Waals surface area contributed by atoms with Crippen molar-refractivity contribution in [3.63, 3.8) is 0 Å². The monoisotopic (exact) mass is 397 g/mol. The average molecular weight is 398 g/mol. The van der Waals surface area contributed by atoms with Gasteiger partial charge in [0.05, 0.1) is 5.92 Å². The summed E-state index contributed by atoms with van der Waals surface area (Å²) in [6, 6.07) is 17.7. The van der Waals surface area contributed by atoms with E-state index in [2.05, 4.69) is 30.1 Å². The smallest absolute Gasteiger partial charge is 0.233 e. The largest absolute Gasteiger partial charge is 0.329 e. The third kappa shape index (κ3) is 6.96. The van der Waals surface area contributed by atoms with Gasteiger partial charge in [-0.25, -0.2) is 0 Å². The molecule has 1 atom stereocenters. The van der Waals surface area contributed by atoms with Gasteiger partial charge in [-0.15, -0.1) is 24.8 Å². The first-order valence-corrected chi connectivity index (χ1v) is 8.55. The SMILES string of the molecule is CCN(CC)Cc1cccc(NC(=O)C(CN)c2ccccc2)c1.Cl.Cl. The summed E-state index contributed by atoms with van der Waals surface area (Å²) >= 11 is 0. The second kappa shape index (κ2) is 12.7. The van der Waals surface area contributed by atoms with Gasteiger partial charge < -0.3 is 11.1 Å². The normalized spacial score (nSPS) is 11.2. The molecular formula is C20H29Cl2N3O. The van der Waals surface area contributed by atoms with Crippen LogP contribution in [0.25, 0.3) is 0 Å². The fourth-order valence-corrected chi connectivity index (χ4v) is 2.76. The molecule has 1 amide bonds. The van der Waals surface area contributed by atoms with E-state index in [0.29, 0.717) is 0 Å². The lowest BCUT2D eigenvalue weighted by Crippen LogP contribution is -2.27. The van der Waals surface area contributed by atoms with Gasteiger partial charge in [0.1, 0.15) is 0 Å². The molecule has 2 aromatic carbocycles. The van der Waals surface area contributed by atoms with Crippen molar-refractivity contribution < 1.29 is 4.79 Å². The van der Waals surface area contributed by atoms with E-state index in [4.69, 9.17) is 5.73 Å². The molecule has 6 heteroatoms. The number of nitrogens with two attached hydrogens (primary N) is 1. The highest BCUT2D eigenvalue weighted by Gasteiger charge is 2.18. The molecule has 144 valence electrons. The molecule has 0 saturated heterocycles. The van der Waals surface area contributed by atoms with Gasteiger partial charge in [0.2, 0.25) is 5.91 Å². The van der Waals surface area contributed by atoms with Crippen LogP contribution in [-0.2, 0) is 11.3 Å². The number of amides is 1. The summed E-state index contributed by atoms with van der Waals surface area (Å²) in [5.41, 5.74) is 8.78. The zero-order valence-electron chi connectivity index (χ0n) is 15.4. The first-order chi connectivity index (χ1) is 11.7. The van der Waals surface area contributed by atoms with Gasteiger partial charge in [0.15, 0.2) is 0 Å². The molecule has 2 rings (SSSR count). The van der Waals surface area contributed by atoms with Crippen molar-refractivity contribution in [3.05, 3.63) is 65.7 Å². The summed E-state index contributed by atoms with van der Waals surface area (Å²) in [5, 5.41) is 3.00. The summed E-state index contributed by atoms with van der Waals surface area (Å²) in [5.74, 6) is -0.402. The van der Waals surface area contributed by atoms with Crippen LogP contribution in [0.5, 0.6) is 0 Å². The van der Waals surface area contributed by atoms with Crippen molar-refractivity contribution in [1.82, 2.24) is 4.90 Å². The third-order valence-corrected chi connectivity index (χ3v) is 4.25. The van der Waals surface area contributed by atoms with Crippen LogP contribution in [0.3, 0.4) is 0 Å². The van der Waals surface area contributed by atoms with Crippen LogP contribution in [0.1, 0.15) is 30.9 Å². The lowest BCUT2D eigenvalue weighted by molar-refractivity contribution is -0.117. The maximum absolute atomic E-state index is 12.6. The predicted octanol–water partition coefficient (Wildman–Crippen LogP) is 4.05. The molecule has 0 aliphatic carbocycles. The average Bonchev–Trinajstić information content (AvgIpc) is 2.61. The van der Waals surface area contributed by atoms with Crippen LogP contribution < -0.4 is 11.1 Å². The molecule has 1 unspecified atom stereocenters. The number of hydrogen-bond acceptors (Lipinski definition) is 3. The molecule has 0 bridgehead atoms. The van der Waals surface area contributed by atoms with E-state index in [1.165, 1.54) is 5.56 Å². The standard InChI is InChI=1S/C20H27N3O.2ClH/c1-3-23(4-2)15-16-9-8-12-18(13-16)22-20(24)19(14-21)17-10-6-5-7-11-17;;/h5-13,19H,3-4,14-15,21H2,1-2H3,(H,22,24);2*1H. The summed E-state index contributed by atoms with van der Waals surface area (Å²) in [7, 11) is 0. The Balaban J connectivity index is 0.00000312. The fraction of sp³-hybridized carbons (Fsp3) is 0.350. The molecule has 26 heavy (non-hydrogen) atoms. The Hall–Kier alpha value is -1.59. The lowest BCUT2D eigenvalue weighted by Gasteiger charge is -2.19. The molecule has 4 nitrogen and oxygen atoms in total. The highest BCUT2D eigenvalue weighted by Crippen LogP contribution is 2.18. The number of rotatable bonds is 8. The van der Waals surface area contributed by atoms with Gasteiger partial charge in [0.25, 0.3) is 0 Å². The van der Waals surface area contributed by atoms with Gasteiger partial charge in [-0.2, -0.15) is 0 Å². The van der Waals surface area contributed by atoms with Crippen LogP contribution in [0.15, 0.2) is 54.6 Å². The van der Waals surface area contributed by atoms with Crippen LogP contribution in [0.4, 0.5) is 5.69 Å². The van der Waals surface area contributed by atoms with E-state index in [1.807, 2.05) is 48.5 Å². The molecule has 2 aromatic rings. The number of nitrogens with one attached hydrogen (secondary N) is 1. The van der Waals surface area contributed by atoms with Crippen molar-refractivity contribution in [2.45, 2.75) is 26.3 Å². The maximum atomic E-state index is 12.6. The summed E-state index contributed by atoms with van der Waals surface area (Å²) in [6.45, 7) is 7.50. The number of hydrogen-bond donors (Lipinski definition) is 2. The predicted molar refractivity (Wildman–Crippen MR) is 114 cm³/mol. The minimum absolute atomic E-state index is 0. The molecule has 0 fully saturated rings. The topological polar surface area (TPSA) is 58.4 Å². The minimum Gasteiger partial charge on any atom is -0.329 e. The third-order valence-electron chi connectivity index (χ3n) is 4.25. The Labute approximate surface area is 169 Å². The van der Waals surface area contributed by atoms with Crippen molar-refractivity contribution in [2.75, 3.05) is 25.0 Å². The Kier molecular flexibility index (Phi) is 11.9. The van der Waals surface area contributed by atoms with Crippen molar-refractivity contribution in [3.8, 4) is 0 Å². The number of anilines is 1. The summed E-state index contributed by atoms with van der Waals surface area (Å²) in [4.78, 5) is 14.9. The molecule has 0 radical (unpaired) electrons. The van der Waals surface area contributed by atoms with E-state index in [9.17, 15) is 4.79 Å². The maximum Gasteiger partial charge on any atom is 0.233 e. The van der Waals surface area contributed by atoms with E-state index in [-0.39, 0.29) is 43.2 Å². The first-order valence-electron chi connectivity index (χ1n) is 8.55. The highest BCUT2D eigenvalue weighted by atomic mass is 35.5. The summed E-state index contributed by atoms with van der Waals surface area (Å²) in [6.07, 6.45) is 0. The number of carbonyl (C=O) groups is 1. The summed E-state index contributed by atoms with van der Waals surface area (Å²) < 4.78 is 0. The zero-order chi connectivity index (χ0) is 17.4. The van der Waals surface area contributed by atoms with Crippen LogP contribution in [0, 0.1) is 0 Å². The number of carbonyl (C=O) groups excluding carboxylic acids is 1. The molecule has 0 aliphatic rings. The fourth-order valence-electron chi connectivity index (χ4n) is 2.76. The second-order valence-corrected chi connectivity index (χ2v) is 5.85. The van der Waals surface area contributed by atoms with Gasteiger partial charge in [-0.3, -0.25) is 9.69 Å². The zero-order valence-corrected chi connectivity index (χ0v) is 17.0. The van der Waals surface area contributed by atoms with Crippen LogP contribution >= 0.6 is 24.8 Å². The Morgan fingerprint density at radius 2 is 1.69 bits per heavy atom. The highest BCUT2D eigenvalue weighted by molar-refractivity contribution is 5.96. The van der Waals surface area contributed by atoms with Crippen molar-refractivity contribution >= 4 is 36.4 Å². The Bertz CT molecular complexity index is 649. The van der Waals surface area contributed by atoms with E-state index >= 15 is 0 Å².